The van der Waals surface area contributed by atoms with Crippen molar-refractivity contribution in [3.05, 3.63) is 38.8 Å². The van der Waals surface area contributed by atoms with Gasteiger partial charge in [-0.25, -0.2) is 0 Å². The van der Waals surface area contributed by atoms with Crippen LogP contribution in [0.15, 0.2) is 22.7 Å². The van der Waals surface area contributed by atoms with E-state index in [1.165, 1.54) is 4.90 Å². The van der Waals surface area contributed by atoms with E-state index in [1.54, 1.807) is 33.1 Å². The summed E-state index contributed by atoms with van der Waals surface area (Å²) in [5.41, 5.74) is 1.69. The quantitative estimate of drug-likeness (QED) is 0.125. The Morgan fingerprint density at radius 1 is 1.14 bits per heavy atom. The van der Waals surface area contributed by atoms with Gasteiger partial charge >= 0.3 is 0 Å². The minimum Gasteiger partial charge on any atom is -0.510 e. The number of amides is 2. The largest absolute Gasteiger partial charge is 0.510 e. The Labute approximate surface area is 247 Å². The number of carbonyl (C=O) groups excluding carboxylic acids is 4. The van der Waals surface area contributed by atoms with Gasteiger partial charge in [0.05, 0.1) is 28.9 Å². The number of benzene rings is 1. The summed E-state index contributed by atoms with van der Waals surface area (Å²) in [6.45, 7) is 2.43. The SMILES string of the molecule is CCCNCC(=O)Nc1c(O)c2c(c(N(C)C)c1Cl)CC1CC3[C@H](N(C)C)C(O)=C(C(N)=O)C(=O)C3(O)C(O)=C1C2=O. The Bertz CT molecular complexity index is 1450. The van der Waals surface area contributed by atoms with Gasteiger partial charge in [0.15, 0.2) is 17.1 Å². The van der Waals surface area contributed by atoms with Crippen LogP contribution in [0.1, 0.15) is 35.7 Å². The first-order valence-corrected chi connectivity index (χ1v) is 13.9. The minimum atomic E-state index is -2.75. The second-order valence-electron chi connectivity index (χ2n) is 11.3. The van der Waals surface area contributed by atoms with E-state index < -0.39 is 69.7 Å². The third-order valence-electron chi connectivity index (χ3n) is 8.23. The number of phenols is 1. The van der Waals surface area contributed by atoms with Crippen LogP contribution in [0.5, 0.6) is 5.75 Å². The third kappa shape index (κ3) is 4.60. The van der Waals surface area contributed by atoms with Gasteiger partial charge in [0.2, 0.25) is 11.7 Å². The molecule has 2 amide bonds. The molecule has 0 aromatic heterocycles. The summed E-state index contributed by atoms with van der Waals surface area (Å²) >= 11 is 6.70. The van der Waals surface area contributed by atoms with E-state index in [-0.39, 0.29) is 41.2 Å². The van der Waals surface area contributed by atoms with Crippen molar-refractivity contribution in [3.8, 4) is 5.75 Å². The molecular weight excluding hydrogens is 570 g/mol. The highest BCUT2D eigenvalue weighted by Crippen LogP contribution is 2.55. The highest BCUT2D eigenvalue weighted by molar-refractivity contribution is 6.38. The number of aliphatic hydroxyl groups excluding tert-OH is 2. The lowest BCUT2D eigenvalue weighted by atomic mass is 9.58. The van der Waals surface area contributed by atoms with Crippen molar-refractivity contribution in [1.29, 1.82) is 0 Å². The molecule has 8 N–H and O–H groups in total. The predicted octanol–water partition coefficient (Wildman–Crippen LogP) is 0.778. The number of ketones is 2. The molecule has 3 aliphatic rings. The molecule has 0 spiro atoms. The lowest BCUT2D eigenvalue weighted by Gasteiger charge is -2.50. The summed E-state index contributed by atoms with van der Waals surface area (Å²) in [7, 11) is 6.47. The molecule has 42 heavy (non-hydrogen) atoms. The Kier molecular flexibility index (Phi) is 8.35. The Morgan fingerprint density at radius 2 is 1.79 bits per heavy atom. The predicted molar refractivity (Wildman–Crippen MR) is 155 cm³/mol. The number of carbonyl (C=O) groups is 4. The highest BCUT2D eigenvalue weighted by Gasteiger charge is 2.63. The van der Waals surface area contributed by atoms with Crippen LogP contribution in [0.4, 0.5) is 11.4 Å². The standard InChI is InChI=1S/C28H36ClN5O8/c1-6-7-31-10-14(35)32-19-18(29)20(33(2)3)12-8-11-9-13-21(34(4)5)24(38)17(27(30)41)26(40)28(13,42)25(39)15(11)22(36)16(12)23(19)37/h11,13,21,31,37-39,42H,6-10H2,1-5H3,(H2,30,41)(H,32,35)/t11?,13?,21-,28?/m0/s1. The molecule has 0 saturated heterocycles. The maximum absolute atomic E-state index is 14.1. The zero-order valence-corrected chi connectivity index (χ0v) is 24.8. The van der Waals surface area contributed by atoms with Gasteiger partial charge in [-0.15, -0.1) is 0 Å². The number of phenolic OH excluding ortho intramolecular Hbond substituents is 1. The molecule has 4 atom stereocenters. The molecule has 3 aliphatic carbocycles. The number of anilines is 2. The molecule has 228 valence electrons. The molecule has 4 rings (SSSR count). The van der Waals surface area contributed by atoms with Crippen molar-refractivity contribution in [1.82, 2.24) is 10.2 Å². The van der Waals surface area contributed by atoms with Crippen LogP contribution in [0.2, 0.25) is 5.02 Å². The molecule has 0 radical (unpaired) electrons. The fourth-order valence-electron chi connectivity index (χ4n) is 6.48. The van der Waals surface area contributed by atoms with Crippen molar-refractivity contribution >= 4 is 46.4 Å². The van der Waals surface area contributed by atoms with Crippen LogP contribution < -0.4 is 21.3 Å². The number of halogens is 1. The topological polar surface area (TPSA) is 206 Å². The molecule has 1 aromatic carbocycles. The highest BCUT2D eigenvalue weighted by atomic mass is 35.5. The number of aromatic hydroxyl groups is 1. The van der Waals surface area contributed by atoms with Gasteiger partial charge in [-0.3, -0.25) is 24.1 Å². The average Bonchev–Trinajstić information content (AvgIpc) is 2.88. The van der Waals surface area contributed by atoms with Crippen molar-refractivity contribution in [3.63, 3.8) is 0 Å². The molecule has 3 unspecified atom stereocenters. The Morgan fingerprint density at radius 3 is 2.33 bits per heavy atom. The van der Waals surface area contributed by atoms with Crippen molar-refractivity contribution in [2.45, 2.75) is 37.8 Å². The van der Waals surface area contributed by atoms with Crippen molar-refractivity contribution in [2.75, 3.05) is 51.5 Å². The molecule has 0 saturated carbocycles. The number of hydrogen-bond acceptors (Lipinski definition) is 11. The molecule has 0 fully saturated rings. The molecule has 0 aliphatic heterocycles. The molecular formula is C28H36ClN5O8. The first-order valence-electron chi connectivity index (χ1n) is 13.5. The van der Waals surface area contributed by atoms with Crippen LogP contribution in [0.3, 0.4) is 0 Å². The monoisotopic (exact) mass is 605 g/mol. The first kappa shape index (κ1) is 31.3. The van der Waals surface area contributed by atoms with Gasteiger partial charge in [-0.1, -0.05) is 18.5 Å². The smallest absolute Gasteiger partial charge is 0.255 e. The summed E-state index contributed by atoms with van der Waals surface area (Å²) in [6, 6.07) is -1.10. The van der Waals surface area contributed by atoms with Crippen molar-refractivity contribution in [2.24, 2.45) is 17.6 Å². The second-order valence-corrected chi connectivity index (χ2v) is 11.7. The third-order valence-corrected chi connectivity index (χ3v) is 8.60. The summed E-state index contributed by atoms with van der Waals surface area (Å²) in [5.74, 6) is -8.17. The zero-order chi connectivity index (χ0) is 31.4. The second kappa shape index (κ2) is 11.2. The number of nitrogens with one attached hydrogen (secondary N) is 2. The van der Waals surface area contributed by atoms with E-state index in [1.807, 2.05) is 6.92 Å². The maximum atomic E-state index is 14.1. The van der Waals surface area contributed by atoms with Crippen LogP contribution in [-0.2, 0) is 20.8 Å². The molecule has 0 bridgehead atoms. The van der Waals surface area contributed by atoms with E-state index in [9.17, 15) is 39.6 Å². The fraction of sp³-hybridized carbons (Fsp3) is 0.500. The summed E-state index contributed by atoms with van der Waals surface area (Å²) in [6.07, 6.45) is 0.790. The van der Waals surface area contributed by atoms with Crippen LogP contribution >= 0.6 is 11.6 Å². The number of fused-ring (bicyclic) bond motifs is 3. The number of nitrogens with two attached hydrogens (primary N) is 1. The number of likely N-dealkylation sites (N-methyl/N-ethyl adjacent to an activating group) is 1. The maximum Gasteiger partial charge on any atom is 0.255 e. The molecule has 1 aromatic rings. The number of rotatable bonds is 8. The van der Waals surface area contributed by atoms with E-state index in [4.69, 9.17) is 17.3 Å². The average molecular weight is 606 g/mol. The molecule has 13 nitrogen and oxygen atoms in total. The Hall–Kier alpha value is -3.65. The number of primary amides is 1. The van der Waals surface area contributed by atoms with Crippen molar-refractivity contribution < 1.29 is 39.6 Å². The van der Waals surface area contributed by atoms with Crippen LogP contribution in [0.25, 0.3) is 0 Å². The number of nitrogens with zero attached hydrogens (tertiary/aromatic N) is 2. The Balaban J connectivity index is 1.92. The van der Waals surface area contributed by atoms with Gasteiger partial charge in [-0.05, 0) is 51.4 Å². The number of aliphatic hydroxyl groups is 3. The summed E-state index contributed by atoms with van der Waals surface area (Å²) in [4.78, 5) is 55.4. The van der Waals surface area contributed by atoms with Gasteiger partial charge in [0.25, 0.3) is 5.91 Å². The molecule has 0 heterocycles. The van der Waals surface area contributed by atoms with Gasteiger partial charge < -0.3 is 41.7 Å². The van der Waals surface area contributed by atoms with Gasteiger partial charge in [0.1, 0.15) is 22.8 Å². The van der Waals surface area contributed by atoms with Gasteiger partial charge in [-0.2, -0.15) is 0 Å². The normalized spacial score (nSPS) is 25.3. The molecule has 14 heteroatoms. The lowest BCUT2D eigenvalue weighted by Crippen LogP contribution is -2.63. The number of Topliss-reactive ketones (excluding diaryl/α,β-unsaturated/α-hetero) is 2. The minimum absolute atomic E-state index is 0.00236. The first-order chi connectivity index (χ1) is 19.6. The van der Waals surface area contributed by atoms with Crippen LogP contribution in [-0.4, -0.2) is 102 Å². The van der Waals surface area contributed by atoms with E-state index in [2.05, 4.69) is 10.6 Å². The lowest BCUT2D eigenvalue weighted by molar-refractivity contribution is -0.148. The van der Waals surface area contributed by atoms with Gasteiger partial charge in [0, 0.05) is 25.6 Å². The fourth-order valence-corrected chi connectivity index (χ4v) is 6.90. The van der Waals surface area contributed by atoms with E-state index >= 15 is 0 Å². The zero-order valence-electron chi connectivity index (χ0n) is 24.0. The number of hydrogen-bond donors (Lipinski definition) is 7. The number of allylic oxidation sites excluding steroid dienone is 1. The summed E-state index contributed by atoms with van der Waals surface area (Å²) < 4.78 is 0. The summed E-state index contributed by atoms with van der Waals surface area (Å²) in [5, 5.41) is 50.9. The van der Waals surface area contributed by atoms with Crippen LogP contribution in [0, 0.1) is 11.8 Å². The van der Waals surface area contributed by atoms with E-state index in [0.717, 1.165) is 6.42 Å². The van der Waals surface area contributed by atoms with E-state index in [0.29, 0.717) is 17.8 Å².